The van der Waals surface area contributed by atoms with Crippen LogP contribution in [0.15, 0.2) is 10.6 Å². The molecular weight excluding hydrogens is 442 g/mol. The van der Waals surface area contributed by atoms with Gasteiger partial charge in [-0.05, 0) is 31.3 Å². The van der Waals surface area contributed by atoms with Gasteiger partial charge in [0.05, 0.1) is 29.3 Å². The Balaban J connectivity index is 2.37. The Morgan fingerprint density at radius 1 is 1.07 bits per heavy atom. The Morgan fingerprint density at radius 3 is 2.13 bits per heavy atom. The summed E-state index contributed by atoms with van der Waals surface area (Å²) in [7, 11) is 1.26. The van der Waals surface area contributed by atoms with Gasteiger partial charge in [0.2, 0.25) is 0 Å². The maximum atomic E-state index is 15.1. The van der Waals surface area contributed by atoms with Crippen LogP contribution in [0.1, 0.15) is 38.8 Å². The van der Waals surface area contributed by atoms with Gasteiger partial charge >= 0.3 is 5.97 Å². The number of rotatable bonds is 9. The number of hydrogen-bond donors (Lipinski definition) is 0. The lowest BCUT2D eigenvalue weighted by atomic mass is 10.0. The third-order valence-electron chi connectivity index (χ3n) is 5.68. The van der Waals surface area contributed by atoms with E-state index in [1.54, 1.807) is 24.8 Å². The fourth-order valence-electron chi connectivity index (χ4n) is 3.82. The molecule has 0 aromatic heterocycles. The summed E-state index contributed by atoms with van der Waals surface area (Å²) in [5, 5.41) is 0. The van der Waals surface area contributed by atoms with Crippen LogP contribution in [0.3, 0.4) is 0 Å². The molecule has 1 aromatic carbocycles. The van der Waals surface area contributed by atoms with E-state index in [0.717, 1.165) is 0 Å². The van der Waals surface area contributed by atoms with Gasteiger partial charge in [-0.2, -0.15) is 0 Å². The molecule has 1 fully saturated rings. The van der Waals surface area contributed by atoms with E-state index >= 15 is 4.39 Å². The Bertz CT molecular complexity index is 838. The van der Waals surface area contributed by atoms with Crippen LogP contribution in [-0.4, -0.2) is 26.2 Å². The van der Waals surface area contributed by atoms with Gasteiger partial charge in [-0.3, -0.25) is 4.79 Å². The number of esters is 1. The molecule has 0 unspecified atom stereocenters. The molecule has 9 heteroatoms. The largest absolute Gasteiger partial charge is 0.460 e. The number of benzene rings is 1. The van der Waals surface area contributed by atoms with Crippen LogP contribution in [0.4, 0.5) is 18.9 Å². The van der Waals surface area contributed by atoms with E-state index in [-0.39, 0.29) is 21.7 Å². The highest BCUT2D eigenvalue weighted by atomic mass is 35.5. The minimum Gasteiger partial charge on any atom is -0.460 e. The summed E-state index contributed by atoms with van der Waals surface area (Å²) >= 11 is 11.4. The predicted molar refractivity (Wildman–Crippen MR) is 111 cm³/mol. The van der Waals surface area contributed by atoms with Crippen molar-refractivity contribution in [3.8, 4) is 0 Å². The van der Waals surface area contributed by atoms with Crippen molar-refractivity contribution < 1.29 is 27.4 Å². The monoisotopic (exact) mass is 467 g/mol. The van der Waals surface area contributed by atoms with E-state index < -0.39 is 53.5 Å². The molecule has 0 radical (unpaired) electrons. The average Bonchev–Trinajstić information content (AvgIpc) is 3.22. The fraction of sp³-hybridized carbons (Fsp3) is 0.571. The first-order valence-corrected chi connectivity index (χ1v) is 10.4. The molecule has 2 rings (SSSR count). The molecule has 0 aliphatic heterocycles. The molecule has 0 heterocycles. The molecule has 0 spiro atoms. The fourth-order valence-corrected chi connectivity index (χ4v) is 4.09. The van der Waals surface area contributed by atoms with Gasteiger partial charge in [-0.1, -0.05) is 37.0 Å². The molecule has 0 saturated heterocycles. The van der Waals surface area contributed by atoms with E-state index in [9.17, 15) is 13.6 Å². The lowest BCUT2D eigenvalue weighted by Crippen LogP contribution is -2.27. The average molecular weight is 468 g/mol. The summed E-state index contributed by atoms with van der Waals surface area (Å²) in [6.45, 7) is 6.88. The van der Waals surface area contributed by atoms with Gasteiger partial charge in [0, 0.05) is 20.2 Å². The number of allylic oxidation sites excluding steroid dienone is 1. The SMILES string of the molecule is CCN(CC)c1c(F)c(COC)c(F)c(F)c1COC(=O)[C@H]1[C@H](C=C(Cl)Cl)C1(C)C. The van der Waals surface area contributed by atoms with Crippen LogP contribution in [0.25, 0.3) is 0 Å². The molecule has 1 aliphatic carbocycles. The smallest absolute Gasteiger partial charge is 0.310 e. The standard InChI is InChI=1S/C21H26Cl2F3NO3/c1-6-27(7-2)19-12(17(25)16(24)11(9-29-5)18(19)26)10-30-20(28)15-13(8-14(22)23)21(15,3)4/h8,13,15H,6-7,9-10H2,1-5H3/t13-,15+/m0/s1. The number of hydrogen-bond acceptors (Lipinski definition) is 4. The van der Waals surface area contributed by atoms with Crippen LogP contribution in [0, 0.1) is 34.7 Å². The maximum Gasteiger partial charge on any atom is 0.310 e. The zero-order valence-electron chi connectivity index (χ0n) is 17.6. The first kappa shape index (κ1) is 24.8. The number of methoxy groups -OCH3 is 1. The van der Waals surface area contributed by atoms with E-state index in [1.165, 1.54) is 7.11 Å². The maximum absolute atomic E-state index is 15.1. The highest BCUT2D eigenvalue weighted by Gasteiger charge is 2.61. The molecule has 1 aliphatic rings. The quantitative estimate of drug-likeness (QED) is 0.343. The molecule has 1 saturated carbocycles. The Hall–Kier alpha value is -1.44. The number of ether oxygens (including phenoxy) is 2. The van der Waals surface area contributed by atoms with Gasteiger partial charge < -0.3 is 14.4 Å². The summed E-state index contributed by atoms with van der Waals surface area (Å²) < 4.78 is 54.6. The number of carbonyl (C=O) groups is 1. The van der Waals surface area contributed by atoms with Crippen molar-refractivity contribution in [2.75, 3.05) is 25.1 Å². The molecule has 168 valence electrons. The zero-order valence-corrected chi connectivity index (χ0v) is 19.1. The number of anilines is 1. The second-order valence-corrected chi connectivity index (χ2v) is 8.75. The number of halogens is 5. The number of nitrogens with zero attached hydrogens (tertiary/aromatic N) is 1. The minimum atomic E-state index is -1.35. The highest BCUT2D eigenvalue weighted by Crippen LogP contribution is 2.60. The second-order valence-electron chi connectivity index (χ2n) is 7.74. The summed E-state index contributed by atoms with van der Waals surface area (Å²) in [4.78, 5) is 14.1. The van der Waals surface area contributed by atoms with Crippen LogP contribution >= 0.6 is 23.2 Å². The van der Waals surface area contributed by atoms with E-state index in [0.29, 0.717) is 13.1 Å². The predicted octanol–water partition coefficient (Wildman–Crippen LogP) is 5.73. The van der Waals surface area contributed by atoms with Gasteiger partial charge in [-0.15, -0.1) is 0 Å². The van der Waals surface area contributed by atoms with Crippen molar-refractivity contribution in [2.24, 2.45) is 17.3 Å². The molecule has 30 heavy (non-hydrogen) atoms. The molecule has 0 amide bonds. The minimum absolute atomic E-state index is 0.0381. The Kier molecular flexibility index (Phi) is 8.10. The summed E-state index contributed by atoms with van der Waals surface area (Å²) in [6, 6.07) is 0. The first-order valence-electron chi connectivity index (χ1n) is 9.64. The van der Waals surface area contributed by atoms with E-state index in [1.807, 2.05) is 13.8 Å². The first-order chi connectivity index (χ1) is 14.0. The molecule has 2 atom stereocenters. The van der Waals surface area contributed by atoms with Crippen LogP contribution in [0.5, 0.6) is 0 Å². The van der Waals surface area contributed by atoms with Crippen molar-refractivity contribution in [1.29, 1.82) is 0 Å². The van der Waals surface area contributed by atoms with Crippen molar-refractivity contribution >= 4 is 34.9 Å². The molecule has 0 bridgehead atoms. The number of carbonyl (C=O) groups excluding carboxylic acids is 1. The van der Waals surface area contributed by atoms with E-state index in [4.69, 9.17) is 32.7 Å². The zero-order chi connectivity index (χ0) is 22.8. The van der Waals surface area contributed by atoms with Gasteiger partial charge in [0.1, 0.15) is 11.1 Å². The van der Waals surface area contributed by atoms with Gasteiger partial charge in [-0.25, -0.2) is 13.2 Å². The molecule has 0 N–H and O–H groups in total. The van der Waals surface area contributed by atoms with E-state index in [2.05, 4.69) is 0 Å². The molecule has 1 aromatic rings. The Labute approximate surface area is 184 Å². The normalized spacial score (nSPS) is 19.4. The van der Waals surface area contributed by atoms with Crippen LogP contribution in [0.2, 0.25) is 0 Å². The summed E-state index contributed by atoms with van der Waals surface area (Å²) in [5.41, 5.74) is -1.42. The molecular formula is C21H26Cl2F3NO3. The summed E-state index contributed by atoms with van der Waals surface area (Å²) in [6.07, 6.45) is 1.55. The lowest BCUT2D eigenvalue weighted by molar-refractivity contribution is -0.147. The third kappa shape index (κ3) is 4.73. The van der Waals surface area contributed by atoms with Crippen molar-refractivity contribution in [3.05, 3.63) is 39.1 Å². The second kappa shape index (κ2) is 9.79. The van der Waals surface area contributed by atoms with Crippen LogP contribution in [-0.2, 0) is 27.5 Å². The Morgan fingerprint density at radius 2 is 1.63 bits per heavy atom. The lowest BCUT2D eigenvalue weighted by Gasteiger charge is -2.26. The van der Waals surface area contributed by atoms with Crippen molar-refractivity contribution in [3.63, 3.8) is 0 Å². The van der Waals surface area contributed by atoms with Gasteiger partial charge in [0.25, 0.3) is 0 Å². The summed E-state index contributed by atoms with van der Waals surface area (Å²) in [5.74, 6) is -4.91. The van der Waals surface area contributed by atoms with Crippen LogP contribution < -0.4 is 4.90 Å². The highest BCUT2D eigenvalue weighted by molar-refractivity contribution is 6.55. The van der Waals surface area contributed by atoms with Crippen molar-refractivity contribution in [1.82, 2.24) is 0 Å². The molecule has 4 nitrogen and oxygen atoms in total. The topological polar surface area (TPSA) is 38.8 Å². The van der Waals surface area contributed by atoms with Crippen molar-refractivity contribution in [2.45, 2.75) is 40.9 Å². The third-order valence-corrected chi connectivity index (χ3v) is 5.93. The van der Waals surface area contributed by atoms with Gasteiger partial charge in [0.15, 0.2) is 17.5 Å².